The van der Waals surface area contributed by atoms with E-state index in [9.17, 15) is 13.2 Å². The van der Waals surface area contributed by atoms with Crippen LogP contribution in [0.4, 0.5) is 5.13 Å². The molecule has 1 aromatic carbocycles. The quantitative estimate of drug-likeness (QED) is 0.580. The summed E-state index contributed by atoms with van der Waals surface area (Å²) < 4.78 is 25.7. The first-order valence-electron chi connectivity index (χ1n) is 6.04. The van der Waals surface area contributed by atoms with Gasteiger partial charge in [-0.3, -0.25) is 10.1 Å². The second kappa shape index (κ2) is 7.37. The zero-order valence-electron chi connectivity index (χ0n) is 11.4. The molecule has 7 nitrogen and oxygen atoms in total. The van der Waals surface area contributed by atoms with Crippen molar-refractivity contribution in [3.63, 3.8) is 0 Å². The molecule has 0 atom stereocenters. The smallest absolute Gasteiger partial charge is 0.270 e. The molecule has 11 heteroatoms. The fraction of sp³-hybridized carbons (Fsp3) is 0.0833. The first kappa shape index (κ1) is 17.8. The number of halogens is 2. The van der Waals surface area contributed by atoms with Crippen molar-refractivity contribution in [3.8, 4) is 0 Å². The third kappa shape index (κ3) is 4.49. The molecule has 1 amide bonds. The standard InChI is InChI=1S/C12H10Cl2N4O3S2/c1-2-5-15-23(20,21)12-18-17-11(22-12)16-10(19)8-4-3-7(13)6-9(8)14/h2-4,6,15H,1,5H2,(H,16,17,19). The van der Waals surface area contributed by atoms with E-state index in [-0.39, 0.29) is 26.6 Å². The Hall–Kier alpha value is -1.52. The van der Waals surface area contributed by atoms with Crippen molar-refractivity contribution in [2.45, 2.75) is 4.34 Å². The first-order chi connectivity index (χ1) is 10.8. The van der Waals surface area contributed by atoms with Crippen molar-refractivity contribution in [1.82, 2.24) is 14.9 Å². The molecule has 1 heterocycles. The van der Waals surface area contributed by atoms with Gasteiger partial charge in [-0.1, -0.05) is 40.6 Å². The number of anilines is 1. The minimum atomic E-state index is -3.79. The molecule has 0 spiro atoms. The zero-order chi connectivity index (χ0) is 17.0. The lowest BCUT2D eigenvalue weighted by molar-refractivity contribution is 0.102. The van der Waals surface area contributed by atoms with Crippen molar-refractivity contribution in [2.75, 3.05) is 11.9 Å². The number of sulfonamides is 1. The summed E-state index contributed by atoms with van der Waals surface area (Å²) in [5, 5.41) is 10.2. The fourth-order valence-electron chi connectivity index (χ4n) is 1.44. The Bertz CT molecular complexity index is 852. The fourth-order valence-corrected chi connectivity index (χ4v) is 3.87. The number of amides is 1. The van der Waals surface area contributed by atoms with Crippen LogP contribution in [0.1, 0.15) is 10.4 Å². The number of benzene rings is 1. The van der Waals surface area contributed by atoms with E-state index in [0.717, 1.165) is 0 Å². The number of carbonyl (C=O) groups excluding carboxylic acids is 1. The molecule has 2 N–H and O–H groups in total. The van der Waals surface area contributed by atoms with Gasteiger partial charge >= 0.3 is 0 Å². The maximum atomic E-state index is 12.1. The van der Waals surface area contributed by atoms with Gasteiger partial charge in [0.05, 0.1) is 10.6 Å². The third-order valence-electron chi connectivity index (χ3n) is 2.45. The van der Waals surface area contributed by atoms with Gasteiger partial charge in [-0.15, -0.1) is 16.8 Å². The molecule has 0 unspecified atom stereocenters. The highest BCUT2D eigenvalue weighted by atomic mass is 35.5. The Balaban J connectivity index is 2.15. The second-order valence-electron chi connectivity index (χ2n) is 4.09. The van der Waals surface area contributed by atoms with E-state index in [1.54, 1.807) is 0 Å². The molecule has 0 bridgehead atoms. The normalized spacial score (nSPS) is 11.2. The van der Waals surface area contributed by atoms with Gasteiger partial charge in [-0.05, 0) is 18.2 Å². The van der Waals surface area contributed by atoms with Crippen molar-refractivity contribution in [2.24, 2.45) is 0 Å². The second-order valence-corrected chi connectivity index (χ2v) is 7.85. The number of nitrogens with zero attached hydrogens (tertiary/aromatic N) is 2. The van der Waals surface area contributed by atoms with Gasteiger partial charge in [-0.2, -0.15) is 0 Å². The highest BCUT2D eigenvalue weighted by Gasteiger charge is 2.20. The average Bonchev–Trinajstić information content (AvgIpc) is 2.94. The number of nitrogens with one attached hydrogen (secondary N) is 2. The van der Waals surface area contributed by atoms with Gasteiger partial charge in [0.15, 0.2) is 0 Å². The van der Waals surface area contributed by atoms with E-state index < -0.39 is 15.9 Å². The Kier molecular flexibility index (Phi) is 5.71. The number of rotatable bonds is 6. The first-order valence-corrected chi connectivity index (χ1v) is 9.09. The largest absolute Gasteiger partial charge is 0.296 e. The molecule has 0 aliphatic rings. The van der Waals surface area contributed by atoms with Crippen molar-refractivity contribution in [1.29, 1.82) is 0 Å². The van der Waals surface area contributed by atoms with Crippen molar-refractivity contribution < 1.29 is 13.2 Å². The Morgan fingerprint density at radius 3 is 2.74 bits per heavy atom. The van der Waals surface area contributed by atoms with E-state index in [1.807, 2.05) is 0 Å². The van der Waals surface area contributed by atoms with Crippen LogP contribution in [0.5, 0.6) is 0 Å². The van der Waals surface area contributed by atoms with Crippen molar-refractivity contribution in [3.05, 3.63) is 46.5 Å². The van der Waals surface area contributed by atoms with Crippen LogP contribution in [0.3, 0.4) is 0 Å². The molecule has 1 aromatic heterocycles. The van der Waals surface area contributed by atoms with E-state index in [0.29, 0.717) is 16.4 Å². The number of aromatic nitrogens is 2. The summed E-state index contributed by atoms with van der Waals surface area (Å²) in [6, 6.07) is 4.38. The van der Waals surface area contributed by atoms with Gasteiger partial charge in [0.25, 0.3) is 15.9 Å². The highest BCUT2D eigenvalue weighted by Crippen LogP contribution is 2.24. The van der Waals surface area contributed by atoms with E-state index in [4.69, 9.17) is 23.2 Å². The minimum absolute atomic E-state index is 0.0278. The highest BCUT2D eigenvalue weighted by molar-refractivity contribution is 7.91. The molecule has 0 aliphatic carbocycles. The summed E-state index contributed by atoms with van der Waals surface area (Å²) in [6.07, 6.45) is 1.39. The van der Waals surface area contributed by atoms with Gasteiger partial charge < -0.3 is 0 Å². The molecule has 2 rings (SSSR count). The average molecular weight is 393 g/mol. The van der Waals surface area contributed by atoms with Crippen LogP contribution in [-0.2, 0) is 10.0 Å². The molecule has 122 valence electrons. The van der Waals surface area contributed by atoms with Crippen LogP contribution in [-0.4, -0.2) is 31.1 Å². The maximum Gasteiger partial charge on any atom is 0.270 e. The lowest BCUT2D eigenvalue weighted by Crippen LogP contribution is -2.23. The molecule has 23 heavy (non-hydrogen) atoms. The van der Waals surface area contributed by atoms with E-state index in [2.05, 4.69) is 26.8 Å². The lowest BCUT2D eigenvalue weighted by Gasteiger charge is -2.03. The van der Waals surface area contributed by atoms with Crippen LogP contribution >= 0.6 is 34.5 Å². The molecule has 0 saturated carbocycles. The predicted octanol–water partition coefficient (Wildman–Crippen LogP) is 2.56. The molecule has 0 saturated heterocycles. The number of carbonyl (C=O) groups is 1. The monoisotopic (exact) mass is 392 g/mol. The van der Waals surface area contributed by atoms with E-state index in [1.165, 1.54) is 24.3 Å². The predicted molar refractivity (Wildman–Crippen MR) is 89.7 cm³/mol. The summed E-state index contributed by atoms with van der Waals surface area (Å²) in [5.74, 6) is -0.550. The van der Waals surface area contributed by atoms with Crippen LogP contribution in [0.15, 0.2) is 35.2 Å². The molecule has 0 fully saturated rings. The van der Waals surface area contributed by atoms with Crippen molar-refractivity contribution >= 4 is 55.6 Å². The molecule has 0 radical (unpaired) electrons. The summed E-state index contributed by atoms with van der Waals surface area (Å²) in [6.45, 7) is 3.47. The number of hydrogen-bond donors (Lipinski definition) is 2. The van der Waals surface area contributed by atoms with Crippen LogP contribution in [0.25, 0.3) is 0 Å². The summed E-state index contributed by atoms with van der Waals surface area (Å²) in [5.41, 5.74) is 0.181. The van der Waals surface area contributed by atoms with Gasteiger partial charge in [0.2, 0.25) is 9.47 Å². The zero-order valence-corrected chi connectivity index (χ0v) is 14.6. The summed E-state index contributed by atoms with van der Waals surface area (Å²) in [7, 11) is -3.79. The minimum Gasteiger partial charge on any atom is -0.296 e. The third-order valence-corrected chi connectivity index (χ3v) is 5.63. The molecule has 0 aliphatic heterocycles. The van der Waals surface area contributed by atoms with Gasteiger partial charge in [0.1, 0.15) is 0 Å². The Morgan fingerprint density at radius 2 is 2.09 bits per heavy atom. The van der Waals surface area contributed by atoms with Crippen LogP contribution in [0, 0.1) is 0 Å². The molecular formula is C12H10Cl2N4O3S2. The van der Waals surface area contributed by atoms with Gasteiger partial charge in [-0.25, -0.2) is 13.1 Å². The summed E-state index contributed by atoms with van der Waals surface area (Å²) in [4.78, 5) is 12.1. The van der Waals surface area contributed by atoms with Gasteiger partial charge in [0, 0.05) is 11.6 Å². The lowest BCUT2D eigenvalue weighted by atomic mass is 10.2. The summed E-state index contributed by atoms with van der Waals surface area (Å²) >= 11 is 12.4. The van der Waals surface area contributed by atoms with Crippen LogP contribution < -0.4 is 10.0 Å². The number of hydrogen-bond acceptors (Lipinski definition) is 6. The Morgan fingerprint density at radius 1 is 1.35 bits per heavy atom. The topological polar surface area (TPSA) is 101 Å². The Labute approximate surface area is 146 Å². The van der Waals surface area contributed by atoms with E-state index >= 15 is 0 Å². The SMILES string of the molecule is C=CCNS(=O)(=O)c1nnc(NC(=O)c2ccc(Cl)cc2Cl)s1. The maximum absolute atomic E-state index is 12.1. The van der Waals surface area contributed by atoms with Crippen LogP contribution in [0.2, 0.25) is 10.0 Å². The molecular weight excluding hydrogens is 383 g/mol. The molecule has 2 aromatic rings.